The van der Waals surface area contributed by atoms with Gasteiger partial charge in [0.1, 0.15) is 0 Å². The number of nitrogens with one attached hydrogen (secondary N) is 1. The van der Waals surface area contributed by atoms with Crippen LogP contribution in [0.4, 0.5) is 0 Å². The lowest BCUT2D eigenvalue weighted by Gasteiger charge is -2.12. The lowest BCUT2D eigenvalue weighted by molar-refractivity contribution is -0.138. The van der Waals surface area contributed by atoms with Crippen LogP contribution in [0.15, 0.2) is 0 Å². The summed E-state index contributed by atoms with van der Waals surface area (Å²) < 4.78 is 0. The van der Waals surface area contributed by atoms with Gasteiger partial charge < -0.3 is 10.4 Å². The maximum absolute atomic E-state index is 11.3. The second-order valence-corrected chi connectivity index (χ2v) is 4.50. The lowest BCUT2D eigenvalue weighted by atomic mass is 10.1. The summed E-state index contributed by atoms with van der Waals surface area (Å²) >= 11 is 1.47. The van der Waals surface area contributed by atoms with E-state index >= 15 is 0 Å². The second-order valence-electron chi connectivity index (χ2n) is 3.33. The molecule has 0 aliphatic carbocycles. The highest BCUT2D eigenvalue weighted by molar-refractivity contribution is 7.99. The molecule has 0 aromatic heterocycles. The molecule has 0 saturated heterocycles. The van der Waals surface area contributed by atoms with Crippen LogP contribution in [0.5, 0.6) is 0 Å². The monoisotopic (exact) mass is 219 g/mol. The molecule has 14 heavy (non-hydrogen) atoms. The molecule has 0 saturated carbocycles. The molecule has 0 aliphatic heterocycles. The summed E-state index contributed by atoms with van der Waals surface area (Å²) in [5.74, 6) is -0.884. The summed E-state index contributed by atoms with van der Waals surface area (Å²) in [6, 6.07) is 0. The van der Waals surface area contributed by atoms with Gasteiger partial charge in [0, 0.05) is 13.0 Å². The molecule has 0 aliphatic rings. The number of aliphatic carboxylic acids is 1. The molecule has 0 aromatic rings. The van der Waals surface area contributed by atoms with Gasteiger partial charge in [0.15, 0.2) is 0 Å². The number of carboxylic acid groups (broad SMARTS) is 1. The van der Waals surface area contributed by atoms with Crippen molar-refractivity contribution in [1.82, 2.24) is 5.32 Å². The predicted molar refractivity (Wildman–Crippen MR) is 57.4 cm³/mol. The Labute approximate surface area is 88.4 Å². The van der Waals surface area contributed by atoms with Gasteiger partial charge in [-0.3, -0.25) is 9.59 Å². The first-order valence-corrected chi connectivity index (χ1v) is 5.78. The van der Waals surface area contributed by atoms with E-state index in [2.05, 4.69) is 5.32 Å². The third-order valence-electron chi connectivity index (χ3n) is 1.87. The van der Waals surface area contributed by atoms with Gasteiger partial charge in [0.05, 0.1) is 5.25 Å². The SMILES string of the molecule is CSC(C)C(=O)NCC(C)CC(=O)O. The van der Waals surface area contributed by atoms with Gasteiger partial charge in [0.2, 0.25) is 5.91 Å². The summed E-state index contributed by atoms with van der Waals surface area (Å²) in [7, 11) is 0. The number of hydrogen-bond donors (Lipinski definition) is 2. The van der Waals surface area contributed by atoms with Gasteiger partial charge in [-0.15, -0.1) is 0 Å². The largest absolute Gasteiger partial charge is 0.481 e. The van der Waals surface area contributed by atoms with Crippen molar-refractivity contribution < 1.29 is 14.7 Å². The summed E-state index contributed by atoms with van der Waals surface area (Å²) in [5, 5.41) is 11.1. The third kappa shape index (κ3) is 5.85. The fourth-order valence-electron chi connectivity index (χ4n) is 0.896. The van der Waals surface area contributed by atoms with E-state index in [4.69, 9.17) is 5.11 Å². The molecule has 0 rings (SSSR count). The Morgan fingerprint density at radius 2 is 2.00 bits per heavy atom. The molecular weight excluding hydrogens is 202 g/mol. The standard InChI is InChI=1S/C9H17NO3S/c1-6(4-8(11)12)5-10-9(13)7(2)14-3/h6-7H,4-5H2,1-3H3,(H,10,13)(H,11,12). The first-order chi connectivity index (χ1) is 6.47. The summed E-state index contributed by atoms with van der Waals surface area (Å²) in [4.78, 5) is 21.6. The molecule has 2 unspecified atom stereocenters. The number of carbonyl (C=O) groups is 2. The molecule has 0 bridgehead atoms. The molecule has 1 amide bonds. The lowest BCUT2D eigenvalue weighted by Crippen LogP contribution is -2.34. The second kappa shape index (κ2) is 6.70. The van der Waals surface area contributed by atoms with Gasteiger partial charge in [-0.25, -0.2) is 0 Å². The van der Waals surface area contributed by atoms with Crippen LogP contribution in [-0.2, 0) is 9.59 Å². The fraction of sp³-hybridized carbons (Fsp3) is 0.778. The van der Waals surface area contributed by atoms with Crippen molar-refractivity contribution in [2.75, 3.05) is 12.8 Å². The molecular formula is C9H17NO3S. The Bertz CT molecular complexity index is 208. The van der Waals surface area contributed by atoms with Crippen molar-refractivity contribution in [3.8, 4) is 0 Å². The zero-order valence-electron chi connectivity index (χ0n) is 8.74. The fourth-order valence-corrected chi connectivity index (χ4v) is 1.19. The zero-order valence-corrected chi connectivity index (χ0v) is 9.56. The predicted octanol–water partition coefficient (Wildman–Crippen LogP) is 0.965. The first kappa shape index (κ1) is 13.3. The topological polar surface area (TPSA) is 66.4 Å². The van der Waals surface area contributed by atoms with Crippen LogP contribution < -0.4 is 5.32 Å². The van der Waals surface area contributed by atoms with E-state index in [1.54, 1.807) is 6.92 Å². The minimum Gasteiger partial charge on any atom is -0.481 e. The van der Waals surface area contributed by atoms with Crippen LogP contribution in [0.2, 0.25) is 0 Å². The van der Waals surface area contributed by atoms with Crippen molar-refractivity contribution in [2.45, 2.75) is 25.5 Å². The van der Waals surface area contributed by atoms with Crippen molar-refractivity contribution in [3.63, 3.8) is 0 Å². The molecule has 2 atom stereocenters. The Kier molecular flexibility index (Phi) is 6.36. The minimum absolute atomic E-state index is 0.0227. The number of amides is 1. The number of carbonyl (C=O) groups excluding carboxylic acids is 1. The average Bonchev–Trinajstić information content (AvgIpc) is 2.11. The first-order valence-electron chi connectivity index (χ1n) is 4.49. The quantitative estimate of drug-likeness (QED) is 0.698. The number of carboxylic acids is 1. The minimum atomic E-state index is -0.829. The Morgan fingerprint density at radius 3 is 2.43 bits per heavy atom. The van der Waals surface area contributed by atoms with Crippen LogP contribution in [0.3, 0.4) is 0 Å². The van der Waals surface area contributed by atoms with Crippen LogP contribution >= 0.6 is 11.8 Å². The van der Waals surface area contributed by atoms with E-state index in [1.807, 2.05) is 13.2 Å². The van der Waals surface area contributed by atoms with Gasteiger partial charge in [-0.05, 0) is 19.1 Å². The number of thioether (sulfide) groups is 1. The van der Waals surface area contributed by atoms with Crippen molar-refractivity contribution in [2.24, 2.45) is 5.92 Å². The van der Waals surface area contributed by atoms with E-state index in [1.165, 1.54) is 11.8 Å². The highest BCUT2D eigenvalue weighted by Gasteiger charge is 2.13. The normalized spacial score (nSPS) is 14.5. The summed E-state index contributed by atoms with van der Waals surface area (Å²) in [6.07, 6.45) is 1.96. The Morgan fingerprint density at radius 1 is 1.43 bits per heavy atom. The van der Waals surface area contributed by atoms with Crippen LogP contribution in [0, 0.1) is 5.92 Å². The Balaban J connectivity index is 3.71. The van der Waals surface area contributed by atoms with Crippen LogP contribution in [0.1, 0.15) is 20.3 Å². The van der Waals surface area contributed by atoms with Gasteiger partial charge in [-0.2, -0.15) is 11.8 Å². The van der Waals surface area contributed by atoms with Crippen LogP contribution in [0.25, 0.3) is 0 Å². The van der Waals surface area contributed by atoms with Crippen molar-refractivity contribution >= 4 is 23.6 Å². The average molecular weight is 219 g/mol. The Hall–Kier alpha value is -0.710. The molecule has 82 valence electrons. The van der Waals surface area contributed by atoms with Gasteiger partial charge >= 0.3 is 5.97 Å². The van der Waals surface area contributed by atoms with E-state index in [0.717, 1.165) is 0 Å². The number of rotatable bonds is 6. The summed E-state index contributed by atoms with van der Waals surface area (Å²) in [6.45, 7) is 4.05. The molecule has 0 radical (unpaired) electrons. The van der Waals surface area contributed by atoms with Gasteiger partial charge in [0.25, 0.3) is 0 Å². The van der Waals surface area contributed by atoms with E-state index in [0.29, 0.717) is 6.54 Å². The van der Waals surface area contributed by atoms with Gasteiger partial charge in [-0.1, -0.05) is 6.92 Å². The zero-order chi connectivity index (χ0) is 11.1. The van der Waals surface area contributed by atoms with E-state index in [-0.39, 0.29) is 23.5 Å². The molecule has 4 nitrogen and oxygen atoms in total. The molecule has 5 heteroatoms. The van der Waals surface area contributed by atoms with E-state index in [9.17, 15) is 9.59 Å². The molecule has 0 heterocycles. The maximum atomic E-state index is 11.3. The smallest absolute Gasteiger partial charge is 0.303 e. The number of hydrogen-bond acceptors (Lipinski definition) is 3. The van der Waals surface area contributed by atoms with Crippen molar-refractivity contribution in [1.29, 1.82) is 0 Å². The molecule has 0 spiro atoms. The summed E-state index contributed by atoms with van der Waals surface area (Å²) in [5.41, 5.74) is 0. The molecule has 2 N–H and O–H groups in total. The molecule has 0 fully saturated rings. The highest BCUT2D eigenvalue weighted by Crippen LogP contribution is 2.05. The highest BCUT2D eigenvalue weighted by atomic mass is 32.2. The third-order valence-corrected chi connectivity index (χ3v) is 2.79. The van der Waals surface area contributed by atoms with E-state index < -0.39 is 5.97 Å². The molecule has 0 aromatic carbocycles. The van der Waals surface area contributed by atoms with Crippen LogP contribution in [-0.4, -0.2) is 35.0 Å². The van der Waals surface area contributed by atoms with Crippen molar-refractivity contribution in [3.05, 3.63) is 0 Å². The maximum Gasteiger partial charge on any atom is 0.303 e.